The largest absolute Gasteiger partial charge is 0.445 e. The van der Waals surface area contributed by atoms with E-state index in [0.29, 0.717) is 12.0 Å². The maximum Gasteiger partial charge on any atom is 0.408 e. The van der Waals surface area contributed by atoms with Gasteiger partial charge in [0.15, 0.2) is 0 Å². The summed E-state index contributed by atoms with van der Waals surface area (Å²) >= 11 is 3.53. The highest BCUT2D eigenvalue weighted by atomic mass is 79.9. The molecule has 29 heavy (non-hydrogen) atoms. The number of fused-ring (bicyclic) bond motifs is 1. The number of nitrogens with one attached hydrogen (secondary N) is 2. The number of alkyl carbamates (subject to hydrolysis) is 1. The predicted octanol–water partition coefficient (Wildman–Crippen LogP) is 5.82. The zero-order valence-electron chi connectivity index (χ0n) is 16.7. The lowest BCUT2D eigenvalue weighted by Gasteiger charge is -2.43. The summed E-state index contributed by atoms with van der Waals surface area (Å²) < 4.78 is 6.43. The lowest BCUT2D eigenvalue weighted by Crippen LogP contribution is -2.48. The molecule has 154 valence electrons. The standard InChI is InChI=1S/C23H28BrN3O2/c1-15-20(17-10-6-3-7-11-17)26-19-12-18(24)13-25-22(19)21(15)27-23(28)29-14-16-8-4-2-5-9-16/h2,4-5,8-9,12-13,15,17,20-21,26H,3,6-7,10-11,14H2,1H3,(H,27,28)/t15-,20+,21+/m0/s1. The van der Waals surface area contributed by atoms with Gasteiger partial charge in [0, 0.05) is 22.6 Å². The van der Waals surface area contributed by atoms with Gasteiger partial charge in [0.25, 0.3) is 0 Å². The SMILES string of the molecule is C[C@@H]1[C@@H](NC(=O)OCc2ccccc2)c2ncc(Br)cc2N[C@H]1C1CCCCC1. The molecule has 2 heterocycles. The van der Waals surface area contributed by atoms with Crippen LogP contribution in [0.25, 0.3) is 0 Å². The average molecular weight is 458 g/mol. The molecule has 0 bridgehead atoms. The molecule has 1 aromatic heterocycles. The maximum atomic E-state index is 12.6. The van der Waals surface area contributed by atoms with Crippen molar-refractivity contribution in [1.82, 2.24) is 10.3 Å². The first-order valence-corrected chi connectivity index (χ1v) is 11.3. The highest BCUT2D eigenvalue weighted by Crippen LogP contribution is 2.42. The number of anilines is 1. The number of hydrogen-bond donors (Lipinski definition) is 2. The van der Waals surface area contributed by atoms with E-state index in [0.717, 1.165) is 21.4 Å². The molecule has 2 aromatic rings. The molecule has 0 unspecified atom stereocenters. The first-order chi connectivity index (χ1) is 14.1. The second-order valence-corrected chi connectivity index (χ2v) is 9.11. The van der Waals surface area contributed by atoms with E-state index in [1.54, 1.807) is 6.20 Å². The number of amides is 1. The fourth-order valence-electron chi connectivity index (χ4n) is 4.71. The first-order valence-electron chi connectivity index (χ1n) is 10.5. The van der Waals surface area contributed by atoms with Gasteiger partial charge < -0.3 is 15.4 Å². The van der Waals surface area contributed by atoms with Crippen LogP contribution < -0.4 is 10.6 Å². The van der Waals surface area contributed by atoms with Crippen molar-refractivity contribution in [3.8, 4) is 0 Å². The van der Waals surface area contributed by atoms with Crippen molar-refractivity contribution >= 4 is 27.7 Å². The number of nitrogens with zero attached hydrogens (tertiary/aromatic N) is 1. The molecule has 6 heteroatoms. The van der Waals surface area contributed by atoms with Crippen LogP contribution in [0.2, 0.25) is 0 Å². The van der Waals surface area contributed by atoms with E-state index in [1.165, 1.54) is 32.1 Å². The van der Waals surface area contributed by atoms with Crippen LogP contribution in [0.1, 0.15) is 56.3 Å². The molecule has 2 aliphatic rings. The minimum absolute atomic E-state index is 0.172. The summed E-state index contributed by atoms with van der Waals surface area (Å²) in [7, 11) is 0. The Hall–Kier alpha value is -2.08. The quantitative estimate of drug-likeness (QED) is 0.606. The summed E-state index contributed by atoms with van der Waals surface area (Å²) in [5.74, 6) is 0.846. The number of aromatic nitrogens is 1. The van der Waals surface area contributed by atoms with Crippen LogP contribution in [0.15, 0.2) is 47.1 Å². The molecular weight excluding hydrogens is 430 g/mol. The molecule has 3 atom stereocenters. The monoisotopic (exact) mass is 457 g/mol. The summed E-state index contributed by atoms with van der Waals surface area (Å²) in [5.41, 5.74) is 2.86. The van der Waals surface area contributed by atoms with E-state index in [2.05, 4.69) is 44.5 Å². The average Bonchev–Trinajstić information content (AvgIpc) is 2.75. The van der Waals surface area contributed by atoms with E-state index in [9.17, 15) is 4.79 Å². The third-order valence-electron chi connectivity index (χ3n) is 6.24. The van der Waals surface area contributed by atoms with E-state index in [4.69, 9.17) is 4.74 Å². The van der Waals surface area contributed by atoms with Crippen molar-refractivity contribution in [3.05, 3.63) is 58.3 Å². The van der Waals surface area contributed by atoms with E-state index in [-0.39, 0.29) is 18.6 Å². The minimum Gasteiger partial charge on any atom is -0.445 e. The van der Waals surface area contributed by atoms with Crippen LogP contribution in [-0.4, -0.2) is 17.1 Å². The van der Waals surface area contributed by atoms with Crippen molar-refractivity contribution in [1.29, 1.82) is 0 Å². The van der Waals surface area contributed by atoms with Gasteiger partial charge in [-0.1, -0.05) is 56.5 Å². The molecule has 4 rings (SSSR count). The number of carbonyl (C=O) groups excluding carboxylic acids is 1. The fraction of sp³-hybridized carbons (Fsp3) is 0.478. The topological polar surface area (TPSA) is 63.2 Å². The zero-order chi connectivity index (χ0) is 20.2. The van der Waals surface area contributed by atoms with E-state index in [1.807, 2.05) is 30.3 Å². The molecule has 1 saturated carbocycles. The molecule has 5 nitrogen and oxygen atoms in total. The predicted molar refractivity (Wildman–Crippen MR) is 118 cm³/mol. The Morgan fingerprint density at radius 1 is 1.24 bits per heavy atom. The highest BCUT2D eigenvalue weighted by molar-refractivity contribution is 9.10. The van der Waals surface area contributed by atoms with Gasteiger partial charge in [0.2, 0.25) is 0 Å². The normalized spacial score (nSPS) is 24.3. The molecule has 2 N–H and O–H groups in total. The van der Waals surface area contributed by atoms with Gasteiger partial charge >= 0.3 is 6.09 Å². The number of hydrogen-bond acceptors (Lipinski definition) is 4. The summed E-state index contributed by atoms with van der Waals surface area (Å²) in [4.78, 5) is 17.2. The van der Waals surface area contributed by atoms with Crippen LogP contribution in [-0.2, 0) is 11.3 Å². The van der Waals surface area contributed by atoms with Gasteiger partial charge in [-0.15, -0.1) is 0 Å². The molecular formula is C23H28BrN3O2. The van der Waals surface area contributed by atoms with Crippen LogP contribution in [0.5, 0.6) is 0 Å². The fourth-order valence-corrected chi connectivity index (χ4v) is 5.04. The lowest BCUT2D eigenvalue weighted by molar-refractivity contribution is 0.127. The summed E-state index contributed by atoms with van der Waals surface area (Å²) in [6.45, 7) is 2.47. The van der Waals surface area contributed by atoms with Gasteiger partial charge in [-0.3, -0.25) is 4.98 Å². The summed E-state index contributed by atoms with van der Waals surface area (Å²) in [6.07, 6.45) is 7.78. The van der Waals surface area contributed by atoms with Crippen molar-refractivity contribution in [2.75, 3.05) is 5.32 Å². The Morgan fingerprint density at radius 2 is 2.00 bits per heavy atom. The van der Waals surface area contributed by atoms with Crippen molar-refractivity contribution in [2.45, 2.75) is 57.7 Å². The Labute approximate surface area is 180 Å². The second-order valence-electron chi connectivity index (χ2n) is 8.20. The third kappa shape index (κ3) is 4.74. The van der Waals surface area contributed by atoms with Crippen LogP contribution in [0.4, 0.5) is 10.5 Å². The molecule has 1 fully saturated rings. The highest BCUT2D eigenvalue weighted by Gasteiger charge is 2.40. The number of carbonyl (C=O) groups is 1. The molecule has 0 spiro atoms. The third-order valence-corrected chi connectivity index (χ3v) is 6.67. The van der Waals surface area contributed by atoms with Crippen LogP contribution in [0, 0.1) is 11.8 Å². The number of benzene rings is 1. The molecule has 0 radical (unpaired) electrons. The molecule has 1 aliphatic heterocycles. The Bertz CT molecular complexity index is 839. The first kappa shape index (κ1) is 20.2. The van der Waals surface area contributed by atoms with Gasteiger partial charge in [-0.25, -0.2) is 4.79 Å². The zero-order valence-corrected chi connectivity index (χ0v) is 18.3. The second kappa shape index (κ2) is 9.16. The van der Waals surface area contributed by atoms with Crippen molar-refractivity contribution in [3.63, 3.8) is 0 Å². The van der Waals surface area contributed by atoms with E-state index >= 15 is 0 Å². The molecule has 0 saturated heterocycles. The van der Waals surface area contributed by atoms with Gasteiger partial charge in [-0.05, 0) is 46.3 Å². The summed E-state index contributed by atoms with van der Waals surface area (Å²) in [5, 5.41) is 6.84. The van der Waals surface area contributed by atoms with Gasteiger partial charge in [0.1, 0.15) is 6.61 Å². The molecule has 1 aromatic carbocycles. The van der Waals surface area contributed by atoms with Crippen LogP contribution in [0.3, 0.4) is 0 Å². The maximum absolute atomic E-state index is 12.6. The number of ether oxygens (including phenoxy) is 1. The van der Waals surface area contributed by atoms with Crippen LogP contribution >= 0.6 is 15.9 Å². The Kier molecular flexibility index (Phi) is 6.38. The Balaban J connectivity index is 1.51. The number of halogens is 1. The van der Waals surface area contributed by atoms with Gasteiger partial charge in [-0.2, -0.15) is 0 Å². The number of rotatable bonds is 4. The summed E-state index contributed by atoms with van der Waals surface area (Å²) in [6, 6.07) is 12.0. The van der Waals surface area contributed by atoms with Crippen molar-refractivity contribution < 1.29 is 9.53 Å². The minimum atomic E-state index is -0.398. The molecule has 1 amide bonds. The smallest absolute Gasteiger partial charge is 0.408 e. The molecule has 1 aliphatic carbocycles. The van der Waals surface area contributed by atoms with Gasteiger partial charge in [0.05, 0.1) is 17.4 Å². The van der Waals surface area contributed by atoms with Crippen molar-refractivity contribution in [2.24, 2.45) is 11.8 Å². The lowest BCUT2D eigenvalue weighted by atomic mass is 9.74. The number of pyridine rings is 1. The Morgan fingerprint density at radius 3 is 2.76 bits per heavy atom. The van der Waals surface area contributed by atoms with E-state index < -0.39 is 6.09 Å².